The summed E-state index contributed by atoms with van der Waals surface area (Å²) < 4.78 is 4.68. The van der Waals surface area contributed by atoms with Crippen molar-refractivity contribution in [1.29, 1.82) is 0 Å². The monoisotopic (exact) mass is 375 g/mol. The van der Waals surface area contributed by atoms with E-state index in [-0.39, 0.29) is 11.9 Å². The van der Waals surface area contributed by atoms with Crippen LogP contribution in [0.4, 0.5) is 17.2 Å². The molecule has 28 heavy (non-hydrogen) atoms. The second kappa shape index (κ2) is 8.81. The molecule has 0 aliphatic heterocycles. The fourth-order valence-electron chi connectivity index (χ4n) is 2.70. The quantitative estimate of drug-likeness (QED) is 0.623. The van der Waals surface area contributed by atoms with Crippen LogP contribution < -0.4 is 10.6 Å². The van der Waals surface area contributed by atoms with Crippen LogP contribution in [0.5, 0.6) is 0 Å². The zero-order valence-electron chi connectivity index (χ0n) is 15.7. The molecule has 0 saturated heterocycles. The fraction of sp³-hybridized carbons (Fsp3) is 0.136. The molecule has 1 aromatic heterocycles. The van der Waals surface area contributed by atoms with Crippen molar-refractivity contribution >= 4 is 29.1 Å². The summed E-state index contributed by atoms with van der Waals surface area (Å²) in [6.07, 6.45) is 2.36. The van der Waals surface area contributed by atoms with Crippen LogP contribution in [0.1, 0.15) is 33.2 Å². The van der Waals surface area contributed by atoms with Crippen LogP contribution in [0.2, 0.25) is 0 Å². The third-order valence-corrected chi connectivity index (χ3v) is 4.25. The largest absolute Gasteiger partial charge is 0.465 e. The molecule has 0 aliphatic carbocycles. The third kappa shape index (κ3) is 4.54. The number of nitrogens with one attached hydrogen (secondary N) is 2. The number of rotatable bonds is 6. The minimum atomic E-state index is -0.385. The van der Waals surface area contributed by atoms with Gasteiger partial charge in [0.2, 0.25) is 0 Å². The molecule has 0 atom stereocenters. The van der Waals surface area contributed by atoms with Crippen LogP contribution in [0.15, 0.2) is 66.9 Å². The average molecular weight is 375 g/mol. The second-order valence-electron chi connectivity index (χ2n) is 6.09. The Kier molecular flexibility index (Phi) is 6.01. The highest BCUT2D eigenvalue weighted by molar-refractivity contribution is 6.04. The zero-order chi connectivity index (χ0) is 19.9. The molecule has 0 fully saturated rings. The second-order valence-corrected chi connectivity index (χ2v) is 6.09. The summed E-state index contributed by atoms with van der Waals surface area (Å²) in [5, 5.41) is 6.05. The molecule has 6 heteroatoms. The number of hydrogen-bond acceptors (Lipinski definition) is 5. The molecule has 1 amide bonds. The van der Waals surface area contributed by atoms with Crippen molar-refractivity contribution in [1.82, 2.24) is 4.98 Å². The van der Waals surface area contributed by atoms with Crippen molar-refractivity contribution in [3.05, 3.63) is 83.6 Å². The van der Waals surface area contributed by atoms with E-state index in [2.05, 4.69) is 20.4 Å². The number of aryl methyl sites for hydroxylation is 1. The molecule has 0 saturated carbocycles. The van der Waals surface area contributed by atoms with Crippen molar-refractivity contribution in [3.8, 4) is 0 Å². The predicted octanol–water partition coefficient (Wildman–Crippen LogP) is 4.43. The molecule has 142 valence electrons. The number of hydrogen-bond donors (Lipinski definition) is 2. The Morgan fingerprint density at radius 1 is 0.964 bits per heavy atom. The predicted molar refractivity (Wildman–Crippen MR) is 109 cm³/mol. The summed E-state index contributed by atoms with van der Waals surface area (Å²) in [6, 6.07) is 18.0. The first-order valence-corrected chi connectivity index (χ1v) is 8.91. The van der Waals surface area contributed by atoms with Crippen LogP contribution in [0.3, 0.4) is 0 Å². The summed E-state index contributed by atoms with van der Waals surface area (Å²) >= 11 is 0. The first-order valence-electron chi connectivity index (χ1n) is 8.91. The van der Waals surface area contributed by atoms with Gasteiger partial charge in [-0.05, 0) is 54.4 Å². The molecule has 0 radical (unpaired) electrons. The van der Waals surface area contributed by atoms with E-state index in [1.54, 1.807) is 36.4 Å². The maximum atomic E-state index is 12.5. The van der Waals surface area contributed by atoms with Gasteiger partial charge in [0.1, 0.15) is 5.82 Å². The number of anilines is 3. The van der Waals surface area contributed by atoms with Crippen LogP contribution in [-0.2, 0) is 11.2 Å². The molecular formula is C22H21N3O3. The number of methoxy groups -OCH3 is 1. The maximum Gasteiger partial charge on any atom is 0.337 e. The smallest absolute Gasteiger partial charge is 0.337 e. The number of pyridine rings is 1. The molecule has 3 rings (SSSR count). The third-order valence-electron chi connectivity index (χ3n) is 4.25. The Balaban J connectivity index is 1.66. The van der Waals surface area contributed by atoms with Crippen LogP contribution in [-0.4, -0.2) is 24.0 Å². The first-order chi connectivity index (χ1) is 13.6. The molecule has 2 N–H and O–H groups in total. The number of aromatic nitrogens is 1. The number of nitrogens with zero attached hydrogens (tertiary/aromatic N) is 1. The van der Waals surface area contributed by atoms with Crippen molar-refractivity contribution < 1.29 is 14.3 Å². The summed E-state index contributed by atoms with van der Waals surface area (Å²) in [7, 11) is 1.34. The van der Waals surface area contributed by atoms with Gasteiger partial charge in [0, 0.05) is 17.6 Å². The molecule has 0 bridgehead atoms. The van der Waals surface area contributed by atoms with E-state index in [0.29, 0.717) is 16.9 Å². The normalized spacial score (nSPS) is 10.2. The summed E-state index contributed by atoms with van der Waals surface area (Å²) in [4.78, 5) is 28.2. The lowest BCUT2D eigenvalue weighted by Crippen LogP contribution is -2.13. The number of esters is 1. The molecule has 0 aliphatic rings. The van der Waals surface area contributed by atoms with Crippen molar-refractivity contribution in [2.75, 3.05) is 17.7 Å². The molecule has 0 unspecified atom stereocenters. The number of amides is 1. The summed E-state index contributed by atoms with van der Waals surface area (Å²) in [5.41, 5.74) is 3.60. The van der Waals surface area contributed by atoms with Gasteiger partial charge in [-0.1, -0.05) is 25.1 Å². The zero-order valence-corrected chi connectivity index (χ0v) is 15.7. The number of ether oxygens (including phenoxy) is 1. The van der Waals surface area contributed by atoms with Crippen molar-refractivity contribution in [3.63, 3.8) is 0 Å². The van der Waals surface area contributed by atoms with E-state index >= 15 is 0 Å². The van der Waals surface area contributed by atoms with Crippen LogP contribution in [0, 0.1) is 0 Å². The van der Waals surface area contributed by atoms with Gasteiger partial charge in [-0.25, -0.2) is 9.78 Å². The fourth-order valence-corrected chi connectivity index (χ4v) is 2.70. The first kappa shape index (κ1) is 19.1. The van der Waals surface area contributed by atoms with Crippen molar-refractivity contribution in [2.24, 2.45) is 0 Å². The van der Waals surface area contributed by atoms with E-state index in [9.17, 15) is 9.59 Å². The number of carbonyl (C=O) groups excluding carboxylic acids is 2. The molecule has 3 aromatic rings. The van der Waals surface area contributed by atoms with E-state index in [1.807, 2.05) is 31.2 Å². The van der Waals surface area contributed by atoms with E-state index in [1.165, 1.54) is 13.3 Å². The molecule has 6 nitrogen and oxygen atoms in total. The standard InChI is InChI=1S/C22H21N3O3/c1-3-15-6-4-5-7-19(15)25-21(26)17-10-13-20(23-14-17)24-18-11-8-16(9-12-18)22(27)28-2/h4-14H,3H2,1-2H3,(H,23,24)(H,25,26). The molecule has 1 heterocycles. The number of para-hydroxylation sites is 1. The lowest BCUT2D eigenvalue weighted by Gasteiger charge is -2.10. The van der Waals surface area contributed by atoms with Gasteiger partial charge in [0.25, 0.3) is 5.91 Å². The number of benzene rings is 2. The van der Waals surface area contributed by atoms with Gasteiger partial charge in [0.05, 0.1) is 18.2 Å². The SMILES string of the molecule is CCc1ccccc1NC(=O)c1ccc(Nc2ccc(C(=O)OC)cc2)nc1. The lowest BCUT2D eigenvalue weighted by molar-refractivity contribution is 0.0600. The molecule has 2 aromatic carbocycles. The molecule has 0 spiro atoms. The average Bonchev–Trinajstić information content (AvgIpc) is 2.74. The lowest BCUT2D eigenvalue weighted by atomic mass is 10.1. The molecular weight excluding hydrogens is 354 g/mol. The highest BCUT2D eigenvalue weighted by Gasteiger charge is 2.09. The Hall–Kier alpha value is -3.67. The van der Waals surface area contributed by atoms with E-state index in [4.69, 9.17) is 0 Å². The van der Waals surface area contributed by atoms with Crippen molar-refractivity contribution in [2.45, 2.75) is 13.3 Å². The highest BCUT2D eigenvalue weighted by Crippen LogP contribution is 2.18. The Labute approximate surface area is 163 Å². The van der Waals surface area contributed by atoms with E-state index < -0.39 is 0 Å². The van der Waals surface area contributed by atoms with Gasteiger partial charge < -0.3 is 15.4 Å². The van der Waals surface area contributed by atoms with E-state index in [0.717, 1.165) is 23.4 Å². The van der Waals surface area contributed by atoms with Gasteiger partial charge in [0.15, 0.2) is 0 Å². The Morgan fingerprint density at radius 2 is 1.68 bits per heavy atom. The van der Waals surface area contributed by atoms with Gasteiger partial charge in [-0.2, -0.15) is 0 Å². The van der Waals surface area contributed by atoms with Gasteiger partial charge >= 0.3 is 5.97 Å². The Bertz CT molecular complexity index is 967. The van der Waals surface area contributed by atoms with Gasteiger partial charge in [-0.15, -0.1) is 0 Å². The number of carbonyl (C=O) groups is 2. The van der Waals surface area contributed by atoms with Crippen LogP contribution in [0.25, 0.3) is 0 Å². The van der Waals surface area contributed by atoms with Crippen LogP contribution >= 0.6 is 0 Å². The minimum absolute atomic E-state index is 0.206. The minimum Gasteiger partial charge on any atom is -0.465 e. The summed E-state index contributed by atoms with van der Waals surface area (Å²) in [6.45, 7) is 2.05. The maximum absolute atomic E-state index is 12.5. The summed E-state index contributed by atoms with van der Waals surface area (Å²) in [5.74, 6) is 0.00314. The van der Waals surface area contributed by atoms with Gasteiger partial charge in [-0.3, -0.25) is 4.79 Å². The topological polar surface area (TPSA) is 80.3 Å². The highest BCUT2D eigenvalue weighted by atomic mass is 16.5. The Morgan fingerprint density at radius 3 is 2.32 bits per heavy atom.